The molecule has 1 N–H and O–H groups in total. The number of thioether (sulfide) groups is 1. The Hall–Kier alpha value is -2.55. The molecule has 1 aromatic carbocycles. The van der Waals surface area contributed by atoms with Crippen LogP contribution in [0.1, 0.15) is 12.6 Å². The summed E-state index contributed by atoms with van der Waals surface area (Å²) in [6.45, 7) is 5.39. The van der Waals surface area contributed by atoms with Crippen LogP contribution in [-0.2, 0) is 0 Å². The lowest BCUT2D eigenvalue weighted by atomic mass is 10.1. The number of fused-ring (bicyclic) bond motifs is 1. The molecule has 0 saturated carbocycles. The number of aromatic nitrogens is 4. The van der Waals surface area contributed by atoms with Gasteiger partial charge in [0.1, 0.15) is 5.69 Å². The van der Waals surface area contributed by atoms with Crippen LogP contribution in [0.2, 0.25) is 0 Å². The maximum atomic E-state index is 13.6. The van der Waals surface area contributed by atoms with Crippen LogP contribution >= 0.6 is 11.8 Å². The molecule has 0 saturated heterocycles. The number of hydrogen-bond acceptors (Lipinski definition) is 4. The number of H-pyrrole nitrogens is 1. The van der Waals surface area contributed by atoms with Gasteiger partial charge in [0.05, 0.1) is 5.69 Å². The maximum Gasteiger partial charge on any atom is 0.295 e. The molecule has 0 amide bonds. The summed E-state index contributed by atoms with van der Waals surface area (Å²) >= 11 is 1.18. The van der Waals surface area contributed by atoms with Gasteiger partial charge in [-0.3, -0.25) is 9.78 Å². The molecule has 24 heavy (non-hydrogen) atoms. The first-order valence-corrected chi connectivity index (χ1v) is 7.93. The van der Waals surface area contributed by atoms with Crippen LogP contribution in [-0.4, -0.2) is 25.8 Å². The van der Waals surface area contributed by atoms with Crippen LogP contribution in [0.25, 0.3) is 22.5 Å². The summed E-state index contributed by atoms with van der Waals surface area (Å²) < 4.78 is 41.7. The summed E-state index contributed by atoms with van der Waals surface area (Å²) in [7, 11) is 0. The predicted molar refractivity (Wildman–Crippen MR) is 85.4 cm³/mol. The molecule has 3 rings (SSSR count). The van der Waals surface area contributed by atoms with E-state index in [1.54, 1.807) is 13.2 Å². The molecular weight excluding hydrogens is 341 g/mol. The Balaban J connectivity index is 2.45. The number of nitrogens with zero attached hydrogens (tertiary/aromatic N) is 3. The first kappa shape index (κ1) is 16.3. The van der Waals surface area contributed by atoms with Crippen molar-refractivity contribution in [3.05, 3.63) is 52.2 Å². The minimum absolute atomic E-state index is 0.00190. The van der Waals surface area contributed by atoms with Gasteiger partial charge in [0, 0.05) is 5.56 Å². The van der Waals surface area contributed by atoms with E-state index in [9.17, 15) is 18.0 Å². The number of hydrogen-bond donors (Lipinski definition) is 1. The molecule has 0 unspecified atom stereocenters. The van der Waals surface area contributed by atoms with E-state index < -0.39 is 23.0 Å². The highest BCUT2D eigenvalue weighted by Gasteiger charge is 2.21. The van der Waals surface area contributed by atoms with Crippen molar-refractivity contribution in [3.8, 4) is 11.3 Å². The standard InChI is InChI=1S/C15H11F3N4OS/c1-6(2)11-12(7-4-8(16)10(18)9(17)5-7)22-13(19-11)14(23)20-15(21-22)24-3/h4-5H,1H2,2-3H3,(H,20,21,23). The zero-order valence-corrected chi connectivity index (χ0v) is 13.5. The largest absolute Gasteiger partial charge is 0.297 e. The molecule has 0 aliphatic carbocycles. The Morgan fingerprint density at radius 2 is 1.92 bits per heavy atom. The monoisotopic (exact) mass is 352 g/mol. The second-order valence-corrected chi connectivity index (χ2v) is 5.84. The number of halogens is 3. The number of imidazole rings is 1. The number of nitrogens with one attached hydrogen (secondary N) is 1. The Morgan fingerprint density at radius 1 is 1.29 bits per heavy atom. The molecule has 3 aromatic rings. The number of rotatable bonds is 3. The fourth-order valence-corrected chi connectivity index (χ4v) is 2.62. The van der Waals surface area contributed by atoms with Crippen LogP contribution < -0.4 is 5.56 Å². The Bertz CT molecular complexity index is 1020. The third-order valence-corrected chi connectivity index (χ3v) is 3.89. The molecule has 5 nitrogen and oxygen atoms in total. The van der Waals surface area contributed by atoms with Gasteiger partial charge >= 0.3 is 0 Å². The molecule has 2 aromatic heterocycles. The summed E-state index contributed by atoms with van der Waals surface area (Å²) in [5.74, 6) is -4.26. The molecule has 9 heteroatoms. The minimum Gasteiger partial charge on any atom is -0.297 e. The molecule has 124 valence electrons. The van der Waals surface area contributed by atoms with Gasteiger partial charge < -0.3 is 0 Å². The smallest absolute Gasteiger partial charge is 0.295 e. The van der Waals surface area contributed by atoms with Crippen LogP contribution in [0.5, 0.6) is 0 Å². The first-order chi connectivity index (χ1) is 11.3. The Labute approximate surface area is 138 Å². The molecule has 0 spiro atoms. The van der Waals surface area contributed by atoms with Crippen molar-refractivity contribution < 1.29 is 13.2 Å². The van der Waals surface area contributed by atoms with Crippen molar-refractivity contribution in [2.45, 2.75) is 12.1 Å². The zero-order chi connectivity index (χ0) is 17.6. The molecule has 0 fully saturated rings. The van der Waals surface area contributed by atoms with Gasteiger partial charge in [-0.25, -0.2) is 22.7 Å². The van der Waals surface area contributed by atoms with Crippen LogP contribution in [0, 0.1) is 17.5 Å². The summed E-state index contributed by atoms with van der Waals surface area (Å²) in [4.78, 5) is 18.8. The van der Waals surface area contributed by atoms with E-state index in [0.717, 1.165) is 12.1 Å². The topological polar surface area (TPSA) is 63.0 Å². The minimum atomic E-state index is -1.57. The van der Waals surface area contributed by atoms with Crippen LogP contribution in [0.15, 0.2) is 28.7 Å². The van der Waals surface area contributed by atoms with Crippen LogP contribution in [0.4, 0.5) is 13.2 Å². The Morgan fingerprint density at radius 3 is 2.46 bits per heavy atom. The highest BCUT2D eigenvalue weighted by molar-refractivity contribution is 7.98. The molecule has 0 radical (unpaired) electrons. The van der Waals surface area contributed by atoms with E-state index in [4.69, 9.17) is 0 Å². The molecule has 0 atom stereocenters. The lowest BCUT2D eigenvalue weighted by molar-refractivity contribution is 0.447. The summed E-state index contributed by atoms with van der Waals surface area (Å²) in [6.07, 6.45) is 1.71. The number of aromatic amines is 1. The number of benzene rings is 1. The molecule has 0 aliphatic heterocycles. The third kappa shape index (κ3) is 2.50. The maximum absolute atomic E-state index is 13.6. The zero-order valence-electron chi connectivity index (χ0n) is 12.7. The summed E-state index contributed by atoms with van der Waals surface area (Å²) in [5.41, 5.74) is 0.318. The van der Waals surface area contributed by atoms with E-state index in [0.29, 0.717) is 10.7 Å². The van der Waals surface area contributed by atoms with E-state index in [2.05, 4.69) is 21.6 Å². The average Bonchev–Trinajstić information content (AvgIpc) is 2.92. The van der Waals surface area contributed by atoms with Crippen molar-refractivity contribution in [2.24, 2.45) is 0 Å². The lowest BCUT2D eigenvalue weighted by Crippen LogP contribution is -2.14. The molecule has 0 bridgehead atoms. The molecule has 0 aliphatic rings. The molecule has 2 heterocycles. The van der Waals surface area contributed by atoms with Gasteiger partial charge in [-0.2, -0.15) is 0 Å². The van der Waals surface area contributed by atoms with Gasteiger partial charge in [-0.05, 0) is 30.9 Å². The average molecular weight is 352 g/mol. The number of allylic oxidation sites excluding steroid dienone is 1. The summed E-state index contributed by atoms with van der Waals surface area (Å²) in [6, 6.07) is 1.66. The van der Waals surface area contributed by atoms with Gasteiger partial charge in [-0.15, -0.1) is 5.10 Å². The van der Waals surface area contributed by atoms with Gasteiger partial charge in [0.15, 0.2) is 22.6 Å². The van der Waals surface area contributed by atoms with Gasteiger partial charge in [0.25, 0.3) is 5.56 Å². The van der Waals surface area contributed by atoms with E-state index in [1.807, 2.05) is 0 Å². The second-order valence-electron chi connectivity index (χ2n) is 5.04. The van der Waals surface area contributed by atoms with E-state index >= 15 is 0 Å². The van der Waals surface area contributed by atoms with Crippen molar-refractivity contribution in [1.29, 1.82) is 0 Å². The highest BCUT2D eigenvalue weighted by Crippen LogP contribution is 2.30. The van der Waals surface area contributed by atoms with Crippen molar-refractivity contribution >= 4 is 23.0 Å². The van der Waals surface area contributed by atoms with Gasteiger partial charge in [0.2, 0.25) is 5.65 Å². The highest BCUT2D eigenvalue weighted by atomic mass is 32.2. The predicted octanol–water partition coefficient (Wildman–Crippen LogP) is 3.26. The second kappa shape index (κ2) is 5.82. The Kier molecular flexibility index (Phi) is 3.96. The van der Waals surface area contributed by atoms with E-state index in [-0.39, 0.29) is 22.6 Å². The third-order valence-electron chi connectivity index (χ3n) is 3.32. The van der Waals surface area contributed by atoms with Crippen molar-refractivity contribution in [2.75, 3.05) is 6.26 Å². The summed E-state index contributed by atoms with van der Waals surface area (Å²) in [5, 5.41) is 4.49. The first-order valence-electron chi connectivity index (χ1n) is 6.71. The quantitative estimate of drug-likeness (QED) is 0.581. The van der Waals surface area contributed by atoms with Crippen molar-refractivity contribution in [3.63, 3.8) is 0 Å². The fourth-order valence-electron chi connectivity index (χ4n) is 2.27. The van der Waals surface area contributed by atoms with E-state index in [1.165, 1.54) is 16.3 Å². The normalized spacial score (nSPS) is 11.2. The van der Waals surface area contributed by atoms with Gasteiger partial charge in [-0.1, -0.05) is 18.3 Å². The lowest BCUT2D eigenvalue weighted by Gasteiger charge is -2.06. The van der Waals surface area contributed by atoms with Crippen molar-refractivity contribution in [1.82, 2.24) is 19.6 Å². The molecular formula is C15H11F3N4OS. The van der Waals surface area contributed by atoms with Crippen LogP contribution in [0.3, 0.4) is 0 Å². The SMILES string of the molecule is C=C(C)c1nc2c(=O)[nH]c(SC)nn2c1-c1cc(F)c(F)c(F)c1. The fraction of sp³-hybridized carbons (Fsp3) is 0.133.